The number of hydrogen-bond acceptors (Lipinski definition) is 12. The summed E-state index contributed by atoms with van der Waals surface area (Å²) in [4.78, 5) is 39.6. The van der Waals surface area contributed by atoms with Crippen molar-refractivity contribution in [3.05, 3.63) is 63.7 Å². The number of aryl methyl sites for hydroxylation is 1. The van der Waals surface area contributed by atoms with Gasteiger partial charge in [-0.05, 0) is 31.5 Å². The molecule has 0 bridgehead atoms. The van der Waals surface area contributed by atoms with E-state index in [4.69, 9.17) is 9.47 Å². The van der Waals surface area contributed by atoms with Crippen LogP contribution < -0.4 is 4.74 Å². The Morgan fingerprint density at radius 1 is 0.850 bits per heavy atom. The summed E-state index contributed by atoms with van der Waals surface area (Å²) in [6.07, 6.45) is -6.53. The number of rotatable bonds is 4. The minimum absolute atomic E-state index is 0.141. The molecule has 0 aromatic heterocycles. The molecule has 208 valence electrons. The Kier molecular flexibility index (Phi) is 6.51. The van der Waals surface area contributed by atoms with Gasteiger partial charge in [-0.1, -0.05) is 12.1 Å². The number of aromatic hydroxyl groups is 4. The monoisotopic (exact) mass is 552 g/mol. The second kappa shape index (κ2) is 9.61. The van der Waals surface area contributed by atoms with E-state index in [1.54, 1.807) is 0 Å². The van der Waals surface area contributed by atoms with Gasteiger partial charge >= 0.3 is 0 Å². The fourth-order valence-electron chi connectivity index (χ4n) is 5.13. The molecule has 0 saturated carbocycles. The van der Waals surface area contributed by atoms with Crippen molar-refractivity contribution in [1.82, 2.24) is 0 Å². The van der Waals surface area contributed by atoms with Gasteiger partial charge in [-0.25, -0.2) is 0 Å². The molecule has 1 heterocycles. The van der Waals surface area contributed by atoms with E-state index in [1.165, 1.54) is 25.1 Å². The maximum absolute atomic E-state index is 13.8. The molecule has 2 aliphatic rings. The standard InChI is InChI=1S/C28H24O12/c1-9-6-13(31)20-22(23(34)11-4-3-5-12(30)19(11)26(20)37)17(9)21-16(7-14(32)18(10(2)29)25(21)36)40-28-27(38)24(35)15(33)8-39-28/h3-7,15,24,27-28,30-33,35-36,38H,8H2,1-2H3/t15-,24+,27-,28+/m1/s1. The second-order valence-corrected chi connectivity index (χ2v) is 9.61. The van der Waals surface area contributed by atoms with E-state index in [1.807, 2.05) is 0 Å². The number of ether oxygens (including phenoxy) is 2. The number of phenolic OH excluding ortho intramolecular Hbond substituents is 4. The number of phenols is 4. The Hall–Kier alpha value is -4.49. The van der Waals surface area contributed by atoms with Crippen LogP contribution in [0.4, 0.5) is 0 Å². The summed E-state index contributed by atoms with van der Waals surface area (Å²) in [5.74, 6) is -5.50. The number of carbonyl (C=O) groups is 3. The van der Waals surface area contributed by atoms with Gasteiger partial charge < -0.3 is 45.2 Å². The molecule has 0 radical (unpaired) electrons. The SMILES string of the molecule is CC(=O)c1c(O)cc(O[C@@H]2OC[C@@H](O)[C@H](O)[C@H]2O)c(-c2c(C)cc(O)c3c2C(=O)c2cccc(O)c2C3=O)c1O. The number of fused-ring (bicyclic) bond motifs is 2. The molecule has 1 aliphatic heterocycles. The highest BCUT2D eigenvalue weighted by Gasteiger charge is 2.42. The molecule has 1 saturated heterocycles. The van der Waals surface area contributed by atoms with Crippen LogP contribution in [0.3, 0.4) is 0 Å². The zero-order chi connectivity index (χ0) is 29.2. The molecule has 1 aliphatic carbocycles. The van der Waals surface area contributed by atoms with Crippen LogP contribution in [0.15, 0.2) is 30.3 Å². The lowest BCUT2D eigenvalue weighted by molar-refractivity contribution is -0.241. The van der Waals surface area contributed by atoms with Crippen molar-refractivity contribution in [2.24, 2.45) is 0 Å². The van der Waals surface area contributed by atoms with Gasteiger partial charge in [0.1, 0.15) is 52.6 Å². The summed E-state index contributed by atoms with van der Waals surface area (Å²) < 4.78 is 11.0. The lowest BCUT2D eigenvalue weighted by Crippen LogP contribution is -2.54. The first-order valence-corrected chi connectivity index (χ1v) is 12.1. The summed E-state index contributed by atoms with van der Waals surface area (Å²) in [5, 5.41) is 73.2. The van der Waals surface area contributed by atoms with Gasteiger partial charge in [0.25, 0.3) is 0 Å². The Labute approximate surface area is 225 Å². The van der Waals surface area contributed by atoms with Crippen molar-refractivity contribution >= 4 is 17.3 Å². The molecule has 7 N–H and O–H groups in total. The van der Waals surface area contributed by atoms with Gasteiger partial charge in [0.05, 0.1) is 23.3 Å². The highest BCUT2D eigenvalue weighted by molar-refractivity contribution is 6.32. The zero-order valence-electron chi connectivity index (χ0n) is 21.1. The zero-order valence-corrected chi connectivity index (χ0v) is 21.1. The predicted octanol–water partition coefficient (Wildman–Crippen LogP) is 1.28. The normalized spacial score (nSPS) is 22.0. The second-order valence-electron chi connectivity index (χ2n) is 9.61. The largest absolute Gasteiger partial charge is 0.507 e. The molecule has 12 heteroatoms. The smallest absolute Gasteiger partial charge is 0.228 e. The van der Waals surface area contributed by atoms with Crippen molar-refractivity contribution < 1.29 is 59.6 Å². The van der Waals surface area contributed by atoms with Crippen molar-refractivity contribution in [3.8, 4) is 39.9 Å². The molecule has 1 fully saturated rings. The topological polar surface area (TPSA) is 211 Å². The number of hydrogen-bond donors (Lipinski definition) is 7. The van der Waals surface area contributed by atoms with Crippen LogP contribution in [-0.2, 0) is 4.74 Å². The maximum atomic E-state index is 13.8. The van der Waals surface area contributed by atoms with Crippen molar-refractivity contribution in [3.63, 3.8) is 0 Å². The van der Waals surface area contributed by atoms with Gasteiger partial charge in [-0.3, -0.25) is 14.4 Å². The van der Waals surface area contributed by atoms with E-state index in [9.17, 15) is 50.1 Å². The Balaban J connectivity index is 1.81. The molecular formula is C28H24O12. The first-order chi connectivity index (χ1) is 18.8. The van der Waals surface area contributed by atoms with Gasteiger partial charge in [0.2, 0.25) is 12.1 Å². The Bertz CT molecular complexity index is 1610. The maximum Gasteiger partial charge on any atom is 0.228 e. The number of benzene rings is 3. The molecule has 3 aromatic carbocycles. The summed E-state index contributed by atoms with van der Waals surface area (Å²) in [6.45, 7) is 2.07. The quantitative estimate of drug-likeness (QED) is 0.179. The third kappa shape index (κ3) is 3.97. The summed E-state index contributed by atoms with van der Waals surface area (Å²) in [6, 6.07) is 5.92. The molecular weight excluding hydrogens is 528 g/mol. The van der Waals surface area contributed by atoms with Gasteiger partial charge in [-0.2, -0.15) is 0 Å². The Morgan fingerprint density at radius 3 is 2.23 bits per heavy atom. The third-order valence-electron chi connectivity index (χ3n) is 7.02. The van der Waals surface area contributed by atoms with E-state index in [0.29, 0.717) is 0 Å². The molecule has 0 unspecified atom stereocenters. The lowest BCUT2D eigenvalue weighted by atomic mass is 9.77. The average molecular weight is 552 g/mol. The minimum Gasteiger partial charge on any atom is -0.507 e. The molecule has 3 aromatic rings. The predicted molar refractivity (Wildman–Crippen MR) is 135 cm³/mol. The van der Waals surface area contributed by atoms with Crippen molar-refractivity contribution in [1.29, 1.82) is 0 Å². The number of aliphatic hydroxyl groups excluding tert-OH is 3. The van der Waals surface area contributed by atoms with E-state index >= 15 is 0 Å². The molecule has 40 heavy (non-hydrogen) atoms. The van der Waals surface area contributed by atoms with Crippen LogP contribution in [0.1, 0.15) is 54.7 Å². The van der Waals surface area contributed by atoms with E-state index in [0.717, 1.165) is 19.1 Å². The third-order valence-corrected chi connectivity index (χ3v) is 7.02. The van der Waals surface area contributed by atoms with E-state index in [-0.39, 0.29) is 33.4 Å². The molecule has 0 spiro atoms. The van der Waals surface area contributed by atoms with Crippen LogP contribution in [0.25, 0.3) is 11.1 Å². The summed E-state index contributed by atoms with van der Waals surface area (Å²) in [5.41, 5.74) is -2.28. The fraction of sp³-hybridized carbons (Fsp3) is 0.250. The van der Waals surface area contributed by atoms with Crippen LogP contribution in [0, 0.1) is 6.92 Å². The Morgan fingerprint density at radius 2 is 1.55 bits per heavy atom. The number of carbonyl (C=O) groups excluding carboxylic acids is 3. The molecule has 12 nitrogen and oxygen atoms in total. The highest BCUT2D eigenvalue weighted by Crippen LogP contribution is 2.51. The number of aliphatic hydroxyl groups is 3. The van der Waals surface area contributed by atoms with Gasteiger partial charge in [0.15, 0.2) is 11.6 Å². The minimum atomic E-state index is -1.79. The van der Waals surface area contributed by atoms with Crippen LogP contribution in [0.5, 0.6) is 28.7 Å². The van der Waals surface area contributed by atoms with Gasteiger partial charge in [-0.15, -0.1) is 0 Å². The fourth-order valence-corrected chi connectivity index (χ4v) is 5.13. The van der Waals surface area contributed by atoms with Crippen LogP contribution in [-0.4, -0.2) is 84.3 Å². The van der Waals surface area contributed by atoms with E-state index in [2.05, 4.69) is 0 Å². The van der Waals surface area contributed by atoms with Crippen molar-refractivity contribution in [2.75, 3.05) is 6.61 Å². The average Bonchev–Trinajstić information content (AvgIpc) is 2.87. The lowest BCUT2D eigenvalue weighted by Gasteiger charge is -2.35. The summed E-state index contributed by atoms with van der Waals surface area (Å²) >= 11 is 0. The first kappa shape index (κ1) is 27.1. The van der Waals surface area contributed by atoms with Crippen LogP contribution >= 0.6 is 0 Å². The van der Waals surface area contributed by atoms with Crippen LogP contribution in [0.2, 0.25) is 0 Å². The highest BCUT2D eigenvalue weighted by atomic mass is 16.7. The summed E-state index contributed by atoms with van der Waals surface area (Å²) in [7, 11) is 0. The molecule has 0 amide bonds. The first-order valence-electron chi connectivity index (χ1n) is 12.1. The number of Topliss-reactive ketones (excluding diaryl/α,β-unsaturated/α-hetero) is 1. The van der Waals surface area contributed by atoms with Gasteiger partial charge in [0, 0.05) is 22.8 Å². The molecule has 4 atom stereocenters. The molecule has 5 rings (SSSR count). The van der Waals surface area contributed by atoms with E-state index < -0.39 is 88.4 Å². The van der Waals surface area contributed by atoms with Crippen molar-refractivity contribution in [2.45, 2.75) is 38.4 Å². The number of ketones is 3.